The molecule has 44 heavy (non-hydrogen) atoms. The Kier molecular flexibility index (Phi) is 7.96. The molecule has 220 valence electrons. The molecule has 0 aliphatic rings. The number of aryl methyl sites for hydroxylation is 2. The zero-order chi connectivity index (χ0) is 29.7. The smallest absolute Gasteiger partial charge is 0.509 e. The van der Waals surface area contributed by atoms with Gasteiger partial charge in [-0.2, -0.15) is 17.2 Å². The van der Waals surface area contributed by atoms with E-state index in [0.717, 1.165) is 55.6 Å². The predicted octanol–water partition coefficient (Wildman–Crippen LogP) is 9.30. The van der Waals surface area contributed by atoms with Crippen molar-refractivity contribution < 1.29 is 30.2 Å². The Morgan fingerprint density at radius 3 is 2.41 bits per heavy atom. The van der Waals surface area contributed by atoms with Crippen LogP contribution < -0.4 is 4.74 Å². The van der Waals surface area contributed by atoms with E-state index in [9.17, 15) is 4.39 Å². The molecule has 0 amide bonds. The minimum atomic E-state index is -0.236. The van der Waals surface area contributed by atoms with E-state index in [2.05, 4.69) is 66.0 Å². The van der Waals surface area contributed by atoms with Crippen molar-refractivity contribution in [2.45, 2.75) is 33.6 Å². The maximum Gasteiger partial charge on any atom is 2.00 e. The molecule has 0 aliphatic carbocycles. The molecule has 7 rings (SSSR count). The summed E-state index contributed by atoms with van der Waals surface area (Å²) in [6.07, 6.45) is 5.58. The van der Waals surface area contributed by atoms with Crippen LogP contribution in [0.3, 0.4) is 0 Å². The van der Waals surface area contributed by atoms with E-state index in [1.54, 1.807) is 23.0 Å². The van der Waals surface area contributed by atoms with Gasteiger partial charge in [0, 0.05) is 35.0 Å². The van der Waals surface area contributed by atoms with Crippen LogP contribution in [0.1, 0.15) is 36.5 Å². The van der Waals surface area contributed by atoms with Gasteiger partial charge in [-0.25, -0.2) is 9.37 Å². The Bertz CT molecular complexity index is 2120. The second-order valence-corrected chi connectivity index (χ2v) is 11.1. The van der Waals surface area contributed by atoms with Crippen molar-refractivity contribution in [3.8, 4) is 34.1 Å². The molecule has 0 radical (unpaired) electrons. The average Bonchev–Trinajstić information content (AvgIpc) is 3.60. The van der Waals surface area contributed by atoms with Gasteiger partial charge in [0.15, 0.2) is 0 Å². The molecule has 0 aliphatic heterocycles. The molecule has 0 spiro atoms. The number of pyridine rings is 1. The molecule has 0 fully saturated rings. The van der Waals surface area contributed by atoms with E-state index in [4.69, 9.17) is 9.72 Å². The second-order valence-electron chi connectivity index (χ2n) is 11.1. The summed E-state index contributed by atoms with van der Waals surface area (Å²) in [7, 11) is 0. The quantitative estimate of drug-likeness (QED) is 0.159. The molecule has 4 aromatic carbocycles. The Labute approximate surface area is 270 Å². The molecule has 7 heteroatoms. The van der Waals surface area contributed by atoms with Gasteiger partial charge in [-0.05, 0) is 83.4 Å². The minimum Gasteiger partial charge on any atom is -0.509 e. The van der Waals surface area contributed by atoms with Gasteiger partial charge in [0.1, 0.15) is 11.6 Å². The van der Waals surface area contributed by atoms with Crippen molar-refractivity contribution >= 4 is 21.8 Å². The molecule has 0 saturated carbocycles. The van der Waals surface area contributed by atoms with E-state index in [1.807, 2.05) is 62.6 Å². The van der Waals surface area contributed by atoms with Gasteiger partial charge in [-0.3, -0.25) is 4.68 Å². The monoisotopic (exact) mass is 759 g/mol. The normalized spacial score (nSPS) is 11.3. The third-order valence-corrected chi connectivity index (χ3v) is 7.81. The first-order valence-electron chi connectivity index (χ1n) is 14.3. The number of hydrogen-bond acceptors (Lipinski definition) is 3. The first kappa shape index (κ1) is 29.5. The van der Waals surface area contributed by atoms with Crippen molar-refractivity contribution in [1.82, 2.24) is 19.3 Å². The fourth-order valence-electron chi connectivity index (χ4n) is 5.78. The van der Waals surface area contributed by atoms with E-state index in [-0.39, 0.29) is 26.9 Å². The first-order chi connectivity index (χ1) is 20.9. The van der Waals surface area contributed by atoms with Gasteiger partial charge in [0.05, 0.1) is 6.20 Å². The van der Waals surface area contributed by atoms with E-state index >= 15 is 0 Å². The number of fused-ring (bicyclic) bond motifs is 3. The van der Waals surface area contributed by atoms with Gasteiger partial charge < -0.3 is 9.30 Å². The molecule has 0 atom stereocenters. The summed E-state index contributed by atoms with van der Waals surface area (Å²) in [5.74, 6) is 2.11. The van der Waals surface area contributed by atoms with Crippen LogP contribution in [0.5, 0.6) is 11.5 Å². The molecular formula is C37H29FN4OPt. The summed E-state index contributed by atoms with van der Waals surface area (Å²) >= 11 is 0. The number of para-hydroxylation sites is 1. The van der Waals surface area contributed by atoms with E-state index < -0.39 is 0 Å². The van der Waals surface area contributed by atoms with Crippen molar-refractivity contribution in [1.29, 1.82) is 0 Å². The number of ether oxygens (including phenoxy) is 1. The topological polar surface area (TPSA) is 44.9 Å². The summed E-state index contributed by atoms with van der Waals surface area (Å²) < 4.78 is 24.1. The van der Waals surface area contributed by atoms with Crippen LogP contribution in [-0.4, -0.2) is 19.3 Å². The molecule has 7 aromatic rings. The Hall–Kier alpha value is -4.54. The Morgan fingerprint density at radius 1 is 0.841 bits per heavy atom. The summed E-state index contributed by atoms with van der Waals surface area (Å²) in [6, 6.07) is 32.2. The van der Waals surface area contributed by atoms with Crippen LogP contribution in [-0.2, 0) is 21.1 Å². The van der Waals surface area contributed by atoms with Crippen LogP contribution in [0.2, 0.25) is 0 Å². The number of halogens is 1. The van der Waals surface area contributed by atoms with Crippen molar-refractivity contribution in [2.75, 3.05) is 0 Å². The Balaban J connectivity index is 0.00000343. The first-order valence-corrected chi connectivity index (χ1v) is 14.3. The summed E-state index contributed by atoms with van der Waals surface area (Å²) in [6.45, 7) is 8.19. The second kappa shape index (κ2) is 11.9. The maximum absolute atomic E-state index is 13.9. The molecule has 3 aromatic heterocycles. The van der Waals surface area contributed by atoms with Gasteiger partial charge in [-0.1, -0.05) is 37.6 Å². The molecule has 3 heterocycles. The number of hydrogen-bond donors (Lipinski definition) is 0. The zero-order valence-corrected chi connectivity index (χ0v) is 27.0. The van der Waals surface area contributed by atoms with E-state index in [0.29, 0.717) is 17.4 Å². The van der Waals surface area contributed by atoms with Gasteiger partial charge in [0.25, 0.3) is 0 Å². The molecular weight excluding hydrogens is 731 g/mol. The standard InChI is InChI=1S/C37H29FN4O.Pt/c1-23(2)26-14-15-39-36(18-26)42-34-11-6-5-10-32(34)33-13-12-31(20-35(33)42)43-30-9-7-8-29(19-30)41-22-27(21-40-41)37-24(3)16-28(38)17-25(37)4;/h5-18,21-23H,1-4H3;/q-2;+2. The fourth-order valence-corrected chi connectivity index (χ4v) is 5.78. The third-order valence-electron chi connectivity index (χ3n) is 7.81. The van der Waals surface area contributed by atoms with Crippen molar-refractivity contribution in [3.05, 3.63) is 132 Å². The van der Waals surface area contributed by atoms with Crippen molar-refractivity contribution in [3.63, 3.8) is 0 Å². The number of benzene rings is 4. The molecule has 0 N–H and O–H groups in total. The molecule has 0 bridgehead atoms. The number of aromatic nitrogens is 4. The molecule has 5 nitrogen and oxygen atoms in total. The number of rotatable bonds is 6. The van der Waals surface area contributed by atoms with Crippen LogP contribution >= 0.6 is 0 Å². The van der Waals surface area contributed by atoms with Crippen molar-refractivity contribution in [2.24, 2.45) is 0 Å². The SMILES string of the molecule is Cc1cc(F)cc(C)c1-c1cnn(-c2[c-]c(Oc3[c-]c4c(cc3)c3ccccc3n4-c3cc(C(C)C)ccn3)ccc2)c1.[Pt+2]. The van der Waals surface area contributed by atoms with E-state index in [1.165, 1.54) is 5.56 Å². The molecule has 0 unspecified atom stereocenters. The number of nitrogens with zero attached hydrogens (tertiary/aromatic N) is 4. The summed E-state index contributed by atoms with van der Waals surface area (Å²) in [4.78, 5) is 4.73. The fraction of sp³-hybridized carbons (Fsp3) is 0.135. The predicted molar refractivity (Wildman–Crippen MR) is 169 cm³/mol. The van der Waals surface area contributed by atoms with Gasteiger partial charge >= 0.3 is 21.1 Å². The average molecular weight is 760 g/mol. The van der Waals surface area contributed by atoms with Crippen LogP contribution in [0.15, 0.2) is 97.5 Å². The van der Waals surface area contributed by atoms with Crippen LogP contribution in [0, 0.1) is 31.8 Å². The van der Waals surface area contributed by atoms with Crippen LogP contribution in [0.4, 0.5) is 4.39 Å². The third kappa shape index (κ3) is 5.35. The molecule has 0 saturated heterocycles. The van der Waals surface area contributed by atoms with Crippen LogP contribution in [0.25, 0.3) is 44.4 Å². The van der Waals surface area contributed by atoms with Gasteiger partial charge in [0.2, 0.25) is 0 Å². The summed E-state index contributed by atoms with van der Waals surface area (Å²) in [5, 5.41) is 6.77. The summed E-state index contributed by atoms with van der Waals surface area (Å²) in [5.41, 5.74) is 7.54. The Morgan fingerprint density at radius 2 is 1.61 bits per heavy atom. The zero-order valence-electron chi connectivity index (χ0n) is 24.7. The van der Waals surface area contributed by atoms with Gasteiger partial charge in [-0.15, -0.1) is 35.7 Å². The largest absolute Gasteiger partial charge is 2.00 e. The minimum absolute atomic E-state index is 0. The maximum atomic E-state index is 13.9.